The monoisotopic (exact) mass is 526 g/mol. The molecule has 10 heteroatoms. The van der Waals surface area contributed by atoms with Crippen LogP contribution in [0.15, 0.2) is 72.3 Å². The van der Waals surface area contributed by atoms with E-state index in [0.717, 1.165) is 4.90 Å². The molecule has 3 aromatic rings. The molecule has 1 aliphatic heterocycles. The molecule has 184 valence electrons. The molecular weight excluding hydrogens is 507 g/mol. The van der Waals surface area contributed by atoms with Crippen molar-refractivity contribution in [2.75, 3.05) is 25.2 Å². The van der Waals surface area contributed by atoms with Crippen LogP contribution < -0.4 is 24.4 Å². The zero-order chi connectivity index (χ0) is 25.7. The molecule has 0 aromatic heterocycles. The van der Waals surface area contributed by atoms with Crippen molar-refractivity contribution in [2.45, 2.75) is 0 Å². The second-order valence-corrected chi connectivity index (χ2v) is 8.32. The number of benzene rings is 3. The van der Waals surface area contributed by atoms with Gasteiger partial charge in [-0.25, -0.2) is 9.69 Å². The number of carbonyl (C=O) groups excluding carboxylic acids is 3. The van der Waals surface area contributed by atoms with Crippen LogP contribution in [-0.4, -0.2) is 38.2 Å². The Morgan fingerprint density at radius 2 is 1.56 bits per heavy atom. The lowest BCUT2D eigenvalue weighted by molar-refractivity contribution is -0.122. The van der Waals surface area contributed by atoms with E-state index >= 15 is 0 Å². The van der Waals surface area contributed by atoms with Gasteiger partial charge in [-0.15, -0.1) is 0 Å². The molecule has 0 bridgehead atoms. The van der Waals surface area contributed by atoms with Gasteiger partial charge >= 0.3 is 6.03 Å². The molecule has 0 unspecified atom stereocenters. The van der Waals surface area contributed by atoms with Crippen molar-refractivity contribution in [3.05, 3.63) is 87.9 Å². The van der Waals surface area contributed by atoms with Gasteiger partial charge in [-0.3, -0.25) is 14.9 Å². The Hall–Kier alpha value is -4.01. The highest BCUT2D eigenvalue weighted by molar-refractivity contribution is 6.39. The standard InChI is InChI=1S/C26H20Cl2N2O6/c1-34-23-15-16(6-11-22(23)36-13-12-35-21-5-3-2-4-20(21)28)14-19-24(31)29-26(33)30(25(19)32)18-9-7-17(27)8-10-18/h2-11,14-15H,12-13H2,1H3,(H,29,31,33)/b19-14-. The lowest BCUT2D eigenvalue weighted by Gasteiger charge is -2.26. The van der Waals surface area contributed by atoms with Crippen LogP contribution in [0.1, 0.15) is 5.56 Å². The zero-order valence-corrected chi connectivity index (χ0v) is 20.5. The SMILES string of the molecule is COc1cc(/C=C2/C(=O)NC(=O)N(c3ccc(Cl)cc3)C2=O)ccc1OCCOc1ccccc1Cl. The summed E-state index contributed by atoms with van der Waals surface area (Å²) in [4.78, 5) is 38.7. The first kappa shape index (κ1) is 25.1. The van der Waals surface area contributed by atoms with Crippen LogP contribution in [0.25, 0.3) is 6.08 Å². The second kappa shape index (κ2) is 11.2. The molecule has 0 saturated carbocycles. The number of nitrogens with zero attached hydrogens (tertiary/aromatic N) is 1. The van der Waals surface area contributed by atoms with Gasteiger partial charge in [-0.1, -0.05) is 41.4 Å². The molecule has 3 aromatic carbocycles. The number of imide groups is 2. The number of anilines is 1. The van der Waals surface area contributed by atoms with E-state index in [2.05, 4.69) is 5.32 Å². The Morgan fingerprint density at radius 3 is 2.25 bits per heavy atom. The molecule has 1 heterocycles. The van der Waals surface area contributed by atoms with Gasteiger partial charge in [0.2, 0.25) is 0 Å². The Bertz CT molecular complexity index is 1340. The van der Waals surface area contributed by atoms with Crippen LogP contribution >= 0.6 is 23.2 Å². The van der Waals surface area contributed by atoms with E-state index in [-0.39, 0.29) is 24.5 Å². The summed E-state index contributed by atoms with van der Waals surface area (Å²) in [6.45, 7) is 0.475. The molecule has 4 rings (SSSR count). The largest absolute Gasteiger partial charge is 0.493 e. The maximum absolute atomic E-state index is 13.0. The van der Waals surface area contributed by atoms with Crippen molar-refractivity contribution in [1.29, 1.82) is 0 Å². The maximum atomic E-state index is 13.0. The number of amides is 4. The Kier molecular flexibility index (Phi) is 7.77. The molecule has 0 atom stereocenters. The predicted molar refractivity (Wildman–Crippen MR) is 136 cm³/mol. The molecular formula is C26H20Cl2N2O6. The fraction of sp³-hybridized carbons (Fsp3) is 0.115. The summed E-state index contributed by atoms with van der Waals surface area (Å²) in [6.07, 6.45) is 1.37. The van der Waals surface area contributed by atoms with Crippen molar-refractivity contribution in [3.8, 4) is 17.2 Å². The molecule has 1 N–H and O–H groups in total. The van der Waals surface area contributed by atoms with Gasteiger partial charge in [0.15, 0.2) is 11.5 Å². The number of carbonyl (C=O) groups is 3. The highest BCUT2D eigenvalue weighted by atomic mass is 35.5. The molecule has 0 radical (unpaired) electrons. The van der Waals surface area contributed by atoms with Crippen LogP contribution in [0.5, 0.6) is 17.2 Å². The van der Waals surface area contributed by atoms with Crippen LogP contribution in [0, 0.1) is 0 Å². The van der Waals surface area contributed by atoms with Crippen molar-refractivity contribution in [3.63, 3.8) is 0 Å². The third-order valence-corrected chi connectivity index (χ3v) is 5.68. The summed E-state index contributed by atoms with van der Waals surface area (Å²) < 4.78 is 16.8. The van der Waals surface area contributed by atoms with Gasteiger partial charge in [-0.05, 0) is 60.2 Å². The van der Waals surface area contributed by atoms with E-state index in [4.69, 9.17) is 37.4 Å². The fourth-order valence-corrected chi connectivity index (χ4v) is 3.72. The summed E-state index contributed by atoms with van der Waals surface area (Å²) in [5, 5.41) is 3.13. The summed E-state index contributed by atoms with van der Waals surface area (Å²) in [7, 11) is 1.47. The van der Waals surface area contributed by atoms with Gasteiger partial charge in [-0.2, -0.15) is 0 Å². The first-order valence-electron chi connectivity index (χ1n) is 10.7. The average Bonchev–Trinajstić information content (AvgIpc) is 2.87. The molecule has 0 aliphatic carbocycles. The zero-order valence-electron chi connectivity index (χ0n) is 19.0. The van der Waals surface area contributed by atoms with E-state index in [9.17, 15) is 14.4 Å². The van der Waals surface area contributed by atoms with Crippen molar-refractivity contribution in [1.82, 2.24) is 5.32 Å². The molecule has 1 saturated heterocycles. The third-order valence-electron chi connectivity index (χ3n) is 5.12. The van der Waals surface area contributed by atoms with Crippen molar-refractivity contribution < 1.29 is 28.6 Å². The minimum atomic E-state index is -0.843. The Balaban J connectivity index is 1.48. The topological polar surface area (TPSA) is 94.2 Å². The van der Waals surface area contributed by atoms with Gasteiger partial charge in [0.1, 0.15) is 24.5 Å². The Morgan fingerprint density at radius 1 is 0.861 bits per heavy atom. The van der Waals surface area contributed by atoms with E-state index in [0.29, 0.717) is 32.9 Å². The predicted octanol–water partition coefficient (Wildman–Crippen LogP) is 5.13. The lowest BCUT2D eigenvalue weighted by atomic mass is 10.1. The van der Waals surface area contributed by atoms with E-state index in [1.165, 1.54) is 25.3 Å². The molecule has 36 heavy (non-hydrogen) atoms. The summed E-state index contributed by atoms with van der Waals surface area (Å²) in [5.74, 6) is -0.178. The summed E-state index contributed by atoms with van der Waals surface area (Å²) >= 11 is 12.0. The number of methoxy groups -OCH3 is 1. The van der Waals surface area contributed by atoms with Crippen LogP contribution in [0.2, 0.25) is 10.0 Å². The van der Waals surface area contributed by atoms with Crippen molar-refractivity contribution in [2.24, 2.45) is 0 Å². The normalized spacial score (nSPS) is 14.6. The quantitative estimate of drug-likeness (QED) is 0.248. The van der Waals surface area contributed by atoms with Crippen LogP contribution in [-0.2, 0) is 9.59 Å². The Labute approximate surface area is 217 Å². The number of barbiturate groups is 1. The van der Waals surface area contributed by atoms with Crippen LogP contribution in [0.3, 0.4) is 0 Å². The smallest absolute Gasteiger partial charge is 0.335 e. The minimum Gasteiger partial charge on any atom is -0.493 e. The number of para-hydroxylation sites is 1. The molecule has 0 spiro atoms. The van der Waals surface area contributed by atoms with E-state index in [1.807, 2.05) is 12.1 Å². The highest BCUT2D eigenvalue weighted by Crippen LogP contribution is 2.30. The minimum absolute atomic E-state index is 0.214. The molecule has 8 nitrogen and oxygen atoms in total. The first-order chi connectivity index (χ1) is 17.4. The number of hydrogen-bond donors (Lipinski definition) is 1. The number of ether oxygens (including phenoxy) is 3. The molecule has 4 amide bonds. The van der Waals surface area contributed by atoms with Crippen LogP contribution in [0.4, 0.5) is 10.5 Å². The molecule has 1 fully saturated rings. The maximum Gasteiger partial charge on any atom is 0.335 e. The average molecular weight is 527 g/mol. The van der Waals surface area contributed by atoms with E-state index < -0.39 is 17.8 Å². The third kappa shape index (κ3) is 5.62. The lowest BCUT2D eigenvalue weighted by Crippen LogP contribution is -2.54. The van der Waals surface area contributed by atoms with E-state index in [1.54, 1.807) is 42.5 Å². The van der Waals surface area contributed by atoms with Gasteiger partial charge in [0, 0.05) is 5.02 Å². The fourth-order valence-electron chi connectivity index (χ4n) is 3.41. The number of hydrogen-bond acceptors (Lipinski definition) is 6. The second-order valence-electron chi connectivity index (χ2n) is 7.47. The van der Waals surface area contributed by atoms with Gasteiger partial charge < -0.3 is 14.2 Å². The number of nitrogens with one attached hydrogen (secondary N) is 1. The van der Waals surface area contributed by atoms with Crippen molar-refractivity contribution >= 4 is 52.8 Å². The number of rotatable bonds is 8. The number of halogens is 2. The summed E-state index contributed by atoms with van der Waals surface area (Å²) in [6, 6.07) is 17.3. The summed E-state index contributed by atoms with van der Waals surface area (Å²) in [5.41, 5.74) is 0.560. The van der Waals surface area contributed by atoms with Gasteiger partial charge in [0.05, 0.1) is 17.8 Å². The highest BCUT2D eigenvalue weighted by Gasteiger charge is 2.36. The first-order valence-corrected chi connectivity index (χ1v) is 11.5. The number of urea groups is 1. The van der Waals surface area contributed by atoms with Gasteiger partial charge in [0.25, 0.3) is 11.8 Å². The molecule has 1 aliphatic rings.